The van der Waals surface area contributed by atoms with Gasteiger partial charge in [-0.15, -0.1) is 0 Å². The van der Waals surface area contributed by atoms with Crippen LogP contribution < -0.4 is 0 Å². The molecule has 0 saturated heterocycles. The number of unbranched alkanes of at least 4 members (excludes halogenated alkanes) is 3. The molecule has 0 aromatic rings. The number of rotatable bonds is 5. The minimum absolute atomic E-state index is 0.244. The van der Waals surface area contributed by atoms with E-state index in [0.717, 1.165) is 32.2 Å². The van der Waals surface area contributed by atoms with E-state index < -0.39 is 0 Å². The Labute approximate surface area is 93.4 Å². The van der Waals surface area contributed by atoms with E-state index in [4.69, 9.17) is 5.26 Å². The van der Waals surface area contributed by atoms with Crippen molar-refractivity contribution in [3.63, 3.8) is 0 Å². The number of hydrogen-bond acceptors (Lipinski definition) is 2. The van der Waals surface area contributed by atoms with Crippen LogP contribution in [0.15, 0.2) is 4.99 Å². The first-order valence-electron chi connectivity index (χ1n) is 6.28. The highest BCUT2D eigenvalue weighted by Gasteiger charge is 2.16. The summed E-state index contributed by atoms with van der Waals surface area (Å²) in [6, 6.07) is 2.36. The molecule has 1 saturated carbocycles. The zero-order chi connectivity index (χ0) is 10.9. The standard InChI is InChI=1S/C13H22N2/c1-2-3-4-5-9-15-13-8-6-7-12(10-13)11-14/h12H,2-10H2,1H3/b15-13+. The molecule has 84 valence electrons. The topological polar surface area (TPSA) is 36.1 Å². The van der Waals surface area contributed by atoms with Gasteiger partial charge in [0.1, 0.15) is 0 Å². The molecular formula is C13H22N2. The molecule has 0 amide bonds. The normalized spacial score (nSPS) is 24.0. The maximum Gasteiger partial charge on any atom is 0.0659 e. The number of aliphatic imine (C=N–C) groups is 1. The van der Waals surface area contributed by atoms with Crippen LogP contribution in [0.25, 0.3) is 0 Å². The van der Waals surface area contributed by atoms with E-state index in [2.05, 4.69) is 18.0 Å². The van der Waals surface area contributed by atoms with Gasteiger partial charge in [0.25, 0.3) is 0 Å². The Balaban J connectivity index is 2.18. The van der Waals surface area contributed by atoms with Crippen LogP contribution >= 0.6 is 0 Å². The third kappa shape index (κ3) is 4.97. The monoisotopic (exact) mass is 206 g/mol. The minimum Gasteiger partial charge on any atom is -0.294 e. The number of nitrogens with zero attached hydrogens (tertiary/aromatic N) is 2. The number of hydrogen-bond donors (Lipinski definition) is 0. The van der Waals surface area contributed by atoms with Crippen LogP contribution in [0.1, 0.15) is 58.3 Å². The summed E-state index contributed by atoms with van der Waals surface area (Å²) in [6.07, 6.45) is 9.43. The molecule has 0 aliphatic heterocycles. The molecule has 0 N–H and O–H groups in total. The Morgan fingerprint density at radius 2 is 2.27 bits per heavy atom. The second-order valence-corrected chi connectivity index (χ2v) is 4.43. The van der Waals surface area contributed by atoms with Crippen molar-refractivity contribution in [2.75, 3.05) is 6.54 Å². The SMILES string of the molecule is CCCCCC/N=C1\CCCC(C#N)C1. The molecule has 2 nitrogen and oxygen atoms in total. The summed E-state index contributed by atoms with van der Waals surface area (Å²) in [5.74, 6) is 0.244. The molecule has 1 rings (SSSR count). The summed E-state index contributed by atoms with van der Waals surface area (Å²) < 4.78 is 0. The van der Waals surface area contributed by atoms with Crippen LogP contribution in [0.3, 0.4) is 0 Å². The molecule has 0 spiro atoms. The van der Waals surface area contributed by atoms with Crippen LogP contribution in [-0.2, 0) is 0 Å². The van der Waals surface area contributed by atoms with Gasteiger partial charge in [0.2, 0.25) is 0 Å². The van der Waals surface area contributed by atoms with Crippen molar-refractivity contribution in [1.29, 1.82) is 5.26 Å². The number of nitriles is 1. The largest absolute Gasteiger partial charge is 0.294 e. The highest BCUT2D eigenvalue weighted by Crippen LogP contribution is 2.21. The molecule has 1 atom stereocenters. The van der Waals surface area contributed by atoms with E-state index in [-0.39, 0.29) is 5.92 Å². The van der Waals surface area contributed by atoms with E-state index in [0.29, 0.717) is 0 Å². The molecule has 1 unspecified atom stereocenters. The summed E-state index contributed by atoms with van der Waals surface area (Å²) >= 11 is 0. The Kier molecular flexibility index (Phi) is 6.08. The quantitative estimate of drug-likeness (QED) is 0.631. The van der Waals surface area contributed by atoms with Crippen LogP contribution in [-0.4, -0.2) is 12.3 Å². The van der Waals surface area contributed by atoms with Gasteiger partial charge in [-0.05, 0) is 25.7 Å². The highest BCUT2D eigenvalue weighted by molar-refractivity contribution is 5.85. The van der Waals surface area contributed by atoms with Crippen molar-refractivity contribution < 1.29 is 0 Å². The van der Waals surface area contributed by atoms with Crippen molar-refractivity contribution >= 4 is 5.71 Å². The van der Waals surface area contributed by atoms with Gasteiger partial charge in [-0.1, -0.05) is 26.2 Å². The fourth-order valence-corrected chi connectivity index (χ4v) is 2.07. The van der Waals surface area contributed by atoms with E-state index in [9.17, 15) is 0 Å². The zero-order valence-corrected chi connectivity index (χ0v) is 9.84. The molecular weight excluding hydrogens is 184 g/mol. The van der Waals surface area contributed by atoms with Crippen LogP contribution in [0.4, 0.5) is 0 Å². The first-order chi connectivity index (χ1) is 7.36. The Hall–Kier alpha value is -0.840. The predicted molar refractivity (Wildman–Crippen MR) is 64.0 cm³/mol. The third-order valence-electron chi connectivity index (χ3n) is 3.03. The van der Waals surface area contributed by atoms with Crippen molar-refractivity contribution in [1.82, 2.24) is 0 Å². The smallest absolute Gasteiger partial charge is 0.0659 e. The van der Waals surface area contributed by atoms with Crippen LogP contribution in [0.5, 0.6) is 0 Å². The second kappa shape index (κ2) is 7.45. The van der Waals surface area contributed by atoms with Gasteiger partial charge < -0.3 is 0 Å². The van der Waals surface area contributed by atoms with Gasteiger partial charge in [0.05, 0.1) is 12.0 Å². The first-order valence-corrected chi connectivity index (χ1v) is 6.28. The van der Waals surface area contributed by atoms with Gasteiger partial charge in [0, 0.05) is 18.7 Å². The van der Waals surface area contributed by atoms with E-state index in [1.54, 1.807) is 0 Å². The van der Waals surface area contributed by atoms with Crippen molar-refractivity contribution in [3.8, 4) is 6.07 Å². The predicted octanol–water partition coefficient (Wildman–Crippen LogP) is 3.72. The lowest BCUT2D eigenvalue weighted by molar-refractivity contribution is 0.556. The lowest BCUT2D eigenvalue weighted by Crippen LogP contribution is -2.14. The van der Waals surface area contributed by atoms with Gasteiger partial charge in [-0.2, -0.15) is 5.26 Å². The summed E-state index contributed by atoms with van der Waals surface area (Å²) in [4.78, 5) is 4.62. The Morgan fingerprint density at radius 1 is 1.40 bits per heavy atom. The van der Waals surface area contributed by atoms with Gasteiger partial charge in [-0.3, -0.25) is 4.99 Å². The molecule has 0 bridgehead atoms. The lowest BCUT2D eigenvalue weighted by atomic mass is 9.89. The lowest BCUT2D eigenvalue weighted by Gasteiger charge is -2.17. The fourth-order valence-electron chi connectivity index (χ4n) is 2.07. The van der Waals surface area contributed by atoms with E-state index >= 15 is 0 Å². The average Bonchev–Trinajstić information content (AvgIpc) is 2.29. The maximum absolute atomic E-state index is 8.85. The Bertz CT molecular complexity index is 237. The molecule has 15 heavy (non-hydrogen) atoms. The molecule has 0 radical (unpaired) electrons. The van der Waals surface area contributed by atoms with Crippen molar-refractivity contribution in [3.05, 3.63) is 0 Å². The second-order valence-electron chi connectivity index (χ2n) is 4.43. The molecule has 2 heteroatoms. The first kappa shape index (κ1) is 12.2. The summed E-state index contributed by atoms with van der Waals surface area (Å²) in [7, 11) is 0. The average molecular weight is 206 g/mol. The summed E-state index contributed by atoms with van der Waals surface area (Å²) in [6.45, 7) is 3.21. The molecule has 1 aliphatic carbocycles. The van der Waals surface area contributed by atoms with E-state index in [1.807, 2.05) is 0 Å². The van der Waals surface area contributed by atoms with Crippen molar-refractivity contribution in [2.45, 2.75) is 58.3 Å². The van der Waals surface area contributed by atoms with Gasteiger partial charge >= 0.3 is 0 Å². The molecule has 0 aromatic carbocycles. The minimum atomic E-state index is 0.244. The zero-order valence-electron chi connectivity index (χ0n) is 9.84. The Morgan fingerprint density at radius 3 is 3.00 bits per heavy atom. The molecule has 1 fully saturated rings. The van der Waals surface area contributed by atoms with Crippen LogP contribution in [0.2, 0.25) is 0 Å². The molecule has 0 aromatic heterocycles. The highest BCUT2D eigenvalue weighted by atomic mass is 14.7. The molecule has 0 heterocycles. The van der Waals surface area contributed by atoms with Gasteiger partial charge in [0.15, 0.2) is 0 Å². The third-order valence-corrected chi connectivity index (χ3v) is 3.03. The molecule has 1 aliphatic rings. The van der Waals surface area contributed by atoms with Crippen LogP contribution in [0, 0.1) is 17.2 Å². The summed E-state index contributed by atoms with van der Waals surface area (Å²) in [5.41, 5.74) is 1.30. The fraction of sp³-hybridized carbons (Fsp3) is 0.846. The van der Waals surface area contributed by atoms with Gasteiger partial charge in [-0.25, -0.2) is 0 Å². The van der Waals surface area contributed by atoms with E-state index in [1.165, 1.54) is 31.4 Å². The summed E-state index contributed by atoms with van der Waals surface area (Å²) in [5, 5.41) is 8.85. The van der Waals surface area contributed by atoms with Crippen molar-refractivity contribution in [2.24, 2.45) is 10.9 Å². The maximum atomic E-state index is 8.85.